The Morgan fingerprint density at radius 2 is 1.69 bits per heavy atom. The van der Waals surface area contributed by atoms with Crippen LogP contribution in [-0.2, 0) is 9.53 Å². The summed E-state index contributed by atoms with van der Waals surface area (Å²) in [5.41, 5.74) is 5.34. The van der Waals surface area contributed by atoms with Crippen molar-refractivity contribution in [2.24, 2.45) is 5.92 Å². The predicted molar refractivity (Wildman–Crippen MR) is 120 cm³/mol. The summed E-state index contributed by atoms with van der Waals surface area (Å²) in [6.07, 6.45) is 1.05. The smallest absolute Gasteiger partial charge is 0.409 e. The van der Waals surface area contributed by atoms with Crippen molar-refractivity contribution >= 4 is 23.7 Å². The van der Waals surface area contributed by atoms with Crippen LogP contribution in [0.5, 0.6) is 0 Å². The molecule has 1 amide bonds. The van der Waals surface area contributed by atoms with E-state index in [1.807, 2.05) is 24.3 Å². The molecule has 0 spiro atoms. The molecule has 1 aromatic heterocycles. The fourth-order valence-electron chi connectivity index (χ4n) is 4.87. The monoisotopic (exact) mass is 448 g/mol. The van der Waals surface area contributed by atoms with Crippen LogP contribution in [0.2, 0.25) is 5.15 Å². The molecule has 2 heterocycles. The van der Waals surface area contributed by atoms with Crippen LogP contribution in [-0.4, -0.2) is 46.7 Å². The average Bonchev–Trinajstić information content (AvgIpc) is 3.38. The number of hydrogen-bond donors (Lipinski definition) is 1. The highest BCUT2D eigenvalue weighted by molar-refractivity contribution is 6.29. The van der Waals surface area contributed by atoms with E-state index in [1.54, 1.807) is 18.3 Å². The Hall–Kier alpha value is -3.38. The number of rotatable bonds is 4. The summed E-state index contributed by atoms with van der Waals surface area (Å²) in [5, 5.41) is 10.0. The number of hydrogen-bond acceptors (Lipinski definition) is 4. The SMILES string of the molecule is O=C(O)C1CN(C(=O)OCC2c3ccccc3-c3ccccc32)CC1c1ccnc(Cl)c1. The van der Waals surface area contributed by atoms with E-state index in [4.69, 9.17) is 16.3 Å². The number of carboxylic acid groups (broad SMARTS) is 1. The molecule has 162 valence electrons. The standard InChI is InChI=1S/C25H21ClN2O4/c26-23-11-15(9-10-27-23)20-12-28(13-21(20)24(29)30)25(31)32-14-22-18-7-3-1-5-16(18)17-6-2-4-8-19(17)22/h1-11,20-22H,12-14H2,(H,29,30). The molecular weight excluding hydrogens is 428 g/mol. The highest BCUT2D eigenvalue weighted by atomic mass is 35.5. The minimum absolute atomic E-state index is 0.0426. The van der Waals surface area contributed by atoms with Crippen LogP contribution < -0.4 is 0 Å². The van der Waals surface area contributed by atoms with Gasteiger partial charge in [-0.1, -0.05) is 60.1 Å². The van der Waals surface area contributed by atoms with E-state index in [0.717, 1.165) is 27.8 Å². The van der Waals surface area contributed by atoms with E-state index in [1.165, 1.54) is 4.90 Å². The normalized spacial score (nSPS) is 19.5. The number of pyridine rings is 1. The molecule has 3 aromatic rings. The highest BCUT2D eigenvalue weighted by Crippen LogP contribution is 2.44. The molecule has 1 aliphatic heterocycles. The number of benzene rings is 2. The van der Waals surface area contributed by atoms with Crippen LogP contribution in [0.25, 0.3) is 11.1 Å². The lowest BCUT2D eigenvalue weighted by molar-refractivity contribution is -0.141. The van der Waals surface area contributed by atoms with Gasteiger partial charge in [0.15, 0.2) is 0 Å². The molecule has 1 fully saturated rings. The molecule has 5 rings (SSSR count). The summed E-state index contributed by atoms with van der Waals surface area (Å²) in [6.45, 7) is 0.553. The summed E-state index contributed by atoms with van der Waals surface area (Å²) in [6, 6.07) is 19.7. The van der Waals surface area contributed by atoms with Gasteiger partial charge in [0.1, 0.15) is 11.8 Å². The van der Waals surface area contributed by atoms with E-state index in [2.05, 4.69) is 29.2 Å². The number of carbonyl (C=O) groups is 2. The second-order valence-electron chi connectivity index (χ2n) is 8.17. The maximum Gasteiger partial charge on any atom is 0.409 e. The molecule has 0 radical (unpaired) electrons. The molecule has 0 bridgehead atoms. The van der Waals surface area contributed by atoms with Gasteiger partial charge in [-0.05, 0) is 39.9 Å². The lowest BCUT2D eigenvalue weighted by Crippen LogP contribution is -2.31. The molecule has 2 aliphatic rings. The van der Waals surface area contributed by atoms with Crippen LogP contribution in [0.1, 0.15) is 28.5 Å². The van der Waals surface area contributed by atoms with Crippen LogP contribution in [0.3, 0.4) is 0 Å². The number of aliphatic carboxylic acids is 1. The average molecular weight is 449 g/mol. The van der Waals surface area contributed by atoms with Gasteiger partial charge < -0.3 is 14.7 Å². The Morgan fingerprint density at radius 1 is 1.03 bits per heavy atom. The first kappa shape index (κ1) is 20.5. The van der Waals surface area contributed by atoms with Gasteiger partial charge in [-0.2, -0.15) is 0 Å². The molecule has 1 aliphatic carbocycles. The van der Waals surface area contributed by atoms with Gasteiger partial charge in [0.05, 0.1) is 5.92 Å². The van der Waals surface area contributed by atoms with Gasteiger partial charge in [-0.15, -0.1) is 0 Å². The van der Waals surface area contributed by atoms with Crippen molar-refractivity contribution in [3.05, 3.63) is 88.7 Å². The Balaban J connectivity index is 1.32. The van der Waals surface area contributed by atoms with Gasteiger partial charge in [-0.25, -0.2) is 9.78 Å². The zero-order valence-electron chi connectivity index (χ0n) is 17.1. The van der Waals surface area contributed by atoms with Gasteiger partial charge in [0.25, 0.3) is 0 Å². The molecule has 0 saturated carbocycles. The minimum Gasteiger partial charge on any atom is -0.481 e. The van der Waals surface area contributed by atoms with Crippen molar-refractivity contribution in [2.45, 2.75) is 11.8 Å². The van der Waals surface area contributed by atoms with Crippen LogP contribution in [0.15, 0.2) is 66.9 Å². The molecule has 2 atom stereocenters. The highest BCUT2D eigenvalue weighted by Gasteiger charge is 2.41. The molecule has 6 nitrogen and oxygen atoms in total. The molecule has 32 heavy (non-hydrogen) atoms. The number of nitrogens with zero attached hydrogens (tertiary/aromatic N) is 2. The van der Waals surface area contributed by atoms with E-state index in [-0.39, 0.29) is 31.5 Å². The lowest BCUT2D eigenvalue weighted by atomic mass is 9.90. The van der Waals surface area contributed by atoms with Crippen molar-refractivity contribution in [1.82, 2.24) is 9.88 Å². The molecule has 1 saturated heterocycles. The van der Waals surface area contributed by atoms with E-state index < -0.39 is 18.0 Å². The minimum atomic E-state index is -0.947. The number of ether oxygens (including phenoxy) is 1. The fourth-order valence-corrected chi connectivity index (χ4v) is 5.06. The van der Waals surface area contributed by atoms with E-state index >= 15 is 0 Å². The Kier molecular flexibility index (Phi) is 5.31. The second-order valence-corrected chi connectivity index (χ2v) is 8.56. The number of carboxylic acids is 1. The third kappa shape index (κ3) is 3.60. The number of likely N-dealkylation sites (tertiary alicyclic amines) is 1. The summed E-state index contributed by atoms with van der Waals surface area (Å²) >= 11 is 5.99. The zero-order chi connectivity index (χ0) is 22.2. The second kappa shape index (κ2) is 8.28. The zero-order valence-corrected chi connectivity index (χ0v) is 17.9. The Labute approximate surface area is 190 Å². The van der Waals surface area contributed by atoms with Crippen LogP contribution >= 0.6 is 11.6 Å². The van der Waals surface area contributed by atoms with Gasteiger partial charge in [0.2, 0.25) is 0 Å². The Morgan fingerprint density at radius 3 is 2.31 bits per heavy atom. The van der Waals surface area contributed by atoms with Crippen molar-refractivity contribution < 1.29 is 19.4 Å². The summed E-state index contributed by atoms with van der Waals surface area (Å²) in [4.78, 5) is 30.2. The molecule has 1 N–H and O–H groups in total. The first-order valence-electron chi connectivity index (χ1n) is 10.5. The topological polar surface area (TPSA) is 79.7 Å². The lowest BCUT2D eigenvalue weighted by Gasteiger charge is -2.19. The van der Waals surface area contributed by atoms with Crippen LogP contribution in [0, 0.1) is 5.92 Å². The van der Waals surface area contributed by atoms with Crippen molar-refractivity contribution in [3.8, 4) is 11.1 Å². The Bertz CT molecular complexity index is 1150. The summed E-state index contributed by atoms with van der Waals surface area (Å²) in [7, 11) is 0. The third-order valence-electron chi connectivity index (χ3n) is 6.41. The summed E-state index contributed by atoms with van der Waals surface area (Å²) in [5.74, 6) is -2.08. The molecule has 7 heteroatoms. The number of aromatic nitrogens is 1. The van der Waals surface area contributed by atoms with Crippen LogP contribution in [0.4, 0.5) is 4.79 Å². The molecule has 2 unspecified atom stereocenters. The number of halogens is 1. The van der Waals surface area contributed by atoms with E-state index in [9.17, 15) is 14.7 Å². The maximum absolute atomic E-state index is 12.9. The quantitative estimate of drug-likeness (QED) is 0.581. The van der Waals surface area contributed by atoms with Gasteiger partial charge >= 0.3 is 12.1 Å². The fraction of sp³-hybridized carbons (Fsp3) is 0.240. The first-order chi connectivity index (χ1) is 15.5. The van der Waals surface area contributed by atoms with E-state index in [0.29, 0.717) is 5.15 Å². The van der Waals surface area contributed by atoms with Gasteiger partial charge in [-0.3, -0.25) is 4.79 Å². The van der Waals surface area contributed by atoms with Crippen molar-refractivity contribution in [1.29, 1.82) is 0 Å². The summed E-state index contributed by atoms with van der Waals surface area (Å²) < 4.78 is 5.72. The largest absolute Gasteiger partial charge is 0.481 e. The number of carbonyl (C=O) groups excluding carboxylic acids is 1. The van der Waals surface area contributed by atoms with Gasteiger partial charge in [0, 0.05) is 31.1 Å². The van der Waals surface area contributed by atoms with Crippen molar-refractivity contribution in [2.75, 3.05) is 19.7 Å². The maximum atomic E-state index is 12.9. The van der Waals surface area contributed by atoms with Crippen molar-refractivity contribution in [3.63, 3.8) is 0 Å². The molecular formula is C25H21ClN2O4. The number of fused-ring (bicyclic) bond motifs is 3. The number of amides is 1. The first-order valence-corrected chi connectivity index (χ1v) is 10.8. The molecule has 2 aromatic carbocycles. The third-order valence-corrected chi connectivity index (χ3v) is 6.62. The predicted octanol–water partition coefficient (Wildman–Crippen LogP) is 4.78.